The molecule has 1 amide bonds. The Balaban J connectivity index is 2.06. The maximum Gasteiger partial charge on any atom is 0.257 e. The molecule has 2 rings (SSSR count). The Kier molecular flexibility index (Phi) is 5.32. The maximum absolute atomic E-state index is 12.3. The number of carbonyl (C=O) groups is 1. The summed E-state index contributed by atoms with van der Waals surface area (Å²) in [6.45, 7) is 5.89. The van der Waals surface area contributed by atoms with Gasteiger partial charge in [0.15, 0.2) is 5.11 Å². The van der Waals surface area contributed by atoms with Crippen molar-refractivity contribution in [1.82, 2.24) is 5.32 Å². The Bertz CT molecular complexity index is 743. The molecule has 0 aliphatic carbocycles. The number of nitrogens with one attached hydrogen (secondary N) is 2. The molecule has 5 heteroatoms. The molecule has 0 fully saturated rings. The minimum atomic E-state index is -0.204. The molecule has 22 heavy (non-hydrogen) atoms. The molecule has 0 aliphatic heterocycles. The van der Waals surface area contributed by atoms with E-state index in [2.05, 4.69) is 26.6 Å². The van der Waals surface area contributed by atoms with Crippen LogP contribution < -0.4 is 10.6 Å². The van der Waals surface area contributed by atoms with Crippen molar-refractivity contribution in [2.45, 2.75) is 20.8 Å². The van der Waals surface area contributed by atoms with Gasteiger partial charge in [-0.05, 0) is 68.4 Å². The molecular weight excluding hydrogens is 360 g/mol. The van der Waals surface area contributed by atoms with Crippen molar-refractivity contribution in [2.75, 3.05) is 5.32 Å². The van der Waals surface area contributed by atoms with Gasteiger partial charge in [0, 0.05) is 15.7 Å². The van der Waals surface area contributed by atoms with Gasteiger partial charge in [0.1, 0.15) is 0 Å². The van der Waals surface area contributed by atoms with Gasteiger partial charge in [0.2, 0.25) is 0 Å². The van der Waals surface area contributed by atoms with Crippen LogP contribution in [0.2, 0.25) is 0 Å². The van der Waals surface area contributed by atoms with Crippen LogP contribution in [0.1, 0.15) is 27.0 Å². The fourth-order valence-electron chi connectivity index (χ4n) is 2.16. The minimum Gasteiger partial charge on any atom is -0.332 e. The first-order valence-corrected chi connectivity index (χ1v) is 8.02. The van der Waals surface area contributed by atoms with Crippen molar-refractivity contribution in [2.24, 2.45) is 0 Å². The van der Waals surface area contributed by atoms with Crippen molar-refractivity contribution in [3.63, 3.8) is 0 Å². The number of thiocarbonyl (C=S) groups is 1. The number of aryl methyl sites for hydroxylation is 3. The third kappa shape index (κ3) is 4.15. The Morgan fingerprint density at radius 1 is 1.05 bits per heavy atom. The van der Waals surface area contributed by atoms with E-state index in [4.69, 9.17) is 12.2 Å². The van der Waals surface area contributed by atoms with Gasteiger partial charge in [0.05, 0.1) is 0 Å². The molecule has 0 atom stereocenters. The van der Waals surface area contributed by atoms with E-state index in [1.807, 2.05) is 57.2 Å². The molecule has 2 N–H and O–H groups in total. The van der Waals surface area contributed by atoms with Crippen LogP contribution in [0.25, 0.3) is 0 Å². The summed E-state index contributed by atoms with van der Waals surface area (Å²) in [6, 6.07) is 11.5. The highest BCUT2D eigenvalue weighted by molar-refractivity contribution is 9.10. The number of amides is 1. The van der Waals surface area contributed by atoms with Gasteiger partial charge < -0.3 is 5.32 Å². The van der Waals surface area contributed by atoms with Crippen molar-refractivity contribution in [3.05, 3.63) is 63.1 Å². The predicted octanol–water partition coefficient (Wildman–Crippen LogP) is 4.50. The number of halogens is 1. The van der Waals surface area contributed by atoms with Crippen LogP contribution >= 0.6 is 28.1 Å². The van der Waals surface area contributed by atoms with Crippen LogP contribution in [0, 0.1) is 20.8 Å². The van der Waals surface area contributed by atoms with Gasteiger partial charge >= 0.3 is 0 Å². The zero-order valence-electron chi connectivity index (χ0n) is 12.7. The molecule has 114 valence electrons. The van der Waals surface area contributed by atoms with Gasteiger partial charge in [-0.15, -0.1) is 0 Å². The standard InChI is InChI=1S/C17H17BrN2OS/c1-10-4-6-14(11(2)8-10)16(21)20-17(22)19-15-7-5-13(18)9-12(15)3/h4-9H,1-3H3,(H2,19,20,21,22). The molecule has 0 radical (unpaired) electrons. The van der Waals surface area contributed by atoms with E-state index in [1.165, 1.54) is 0 Å². The summed E-state index contributed by atoms with van der Waals surface area (Å²) >= 11 is 8.64. The Hall–Kier alpha value is -1.72. The van der Waals surface area contributed by atoms with Crippen molar-refractivity contribution in [1.29, 1.82) is 0 Å². The molecule has 3 nitrogen and oxygen atoms in total. The first-order chi connectivity index (χ1) is 10.4. The zero-order valence-corrected chi connectivity index (χ0v) is 15.1. The molecule has 2 aromatic rings. The molecule has 0 aromatic heterocycles. The van der Waals surface area contributed by atoms with Gasteiger partial charge in [-0.2, -0.15) is 0 Å². The molecule has 0 saturated carbocycles. The largest absolute Gasteiger partial charge is 0.332 e. The lowest BCUT2D eigenvalue weighted by molar-refractivity contribution is 0.0977. The van der Waals surface area contributed by atoms with E-state index in [1.54, 1.807) is 0 Å². The summed E-state index contributed by atoms with van der Waals surface area (Å²) in [7, 11) is 0. The highest BCUT2D eigenvalue weighted by Gasteiger charge is 2.11. The highest BCUT2D eigenvalue weighted by atomic mass is 79.9. The van der Waals surface area contributed by atoms with E-state index >= 15 is 0 Å². The van der Waals surface area contributed by atoms with Crippen LogP contribution in [0.15, 0.2) is 40.9 Å². The first kappa shape index (κ1) is 16.6. The summed E-state index contributed by atoms with van der Waals surface area (Å²) in [5.41, 5.74) is 4.59. The number of benzene rings is 2. The number of carbonyl (C=O) groups excluding carboxylic acids is 1. The summed E-state index contributed by atoms with van der Waals surface area (Å²) in [4.78, 5) is 12.3. The van der Waals surface area contributed by atoms with Crippen molar-refractivity contribution >= 4 is 44.9 Å². The van der Waals surface area contributed by atoms with Gasteiger partial charge in [-0.1, -0.05) is 33.6 Å². The Labute approximate surface area is 144 Å². The SMILES string of the molecule is Cc1ccc(C(=O)NC(=S)Nc2ccc(Br)cc2C)c(C)c1. The molecule has 0 aliphatic rings. The smallest absolute Gasteiger partial charge is 0.257 e. The highest BCUT2D eigenvalue weighted by Crippen LogP contribution is 2.20. The lowest BCUT2D eigenvalue weighted by Gasteiger charge is -2.13. The van der Waals surface area contributed by atoms with Crippen LogP contribution in [0.4, 0.5) is 5.69 Å². The third-order valence-corrected chi connectivity index (χ3v) is 3.99. The van der Waals surface area contributed by atoms with E-state index in [0.29, 0.717) is 5.56 Å². The number of anilines is 1. The van der Waals surface area contributed by atoms with Gasteiger partial charge in [0.25, 0.3) is 5.91 Å². The molecule has 0 heterocycles. The lowest BCUT2D eigenvalue weighted by Crippen LogP contribution is -2.34. The summed E-state index contributed by atoms with van der Waals surface area (Å²) < 4.78 is 1.00. The molecule has 0 spiro atoms. The average molecular weight is 377 g/mol. The third-order valence-electron chi connectivity index (χ3n) is 3.29. The van der Waals surface area contributed by atoms with E-state index in [9.17, 15) is 4.79 Å². The zero-order chi connectivity index (χ0) is 16.3. The molecule has 2 aromatic carbocycles. The average Bonchev–Trinajstić information content (AvgIpc) is 2.41. The van der Waals surface area contributed by atoms with Crippen LogP contribution in [-0.2, 0) is 0 Å². The number of hydrogen-bond acceptors (Lipinski definition) is 2. The van der Waals surface area contributed by atoms with Crippen LogP contribution in [0.3, 0.4) is 0 Å². The number of rotatable bonds is 2. The van der Waals surface area contributed by atoms with Crippen molar-refractivity contribution < 1.29 is 4.79 Å². The minimum absolute atomic E-state index is 0.204. The molecule has 0 saturated heterocycles. The summed E-state index contributed by atoms with van der Waals surface area (Å²) in [6.07, 6.45) is 0. The fourth-order valence-corrected chi connectivity index (χ4v) is 2.84. The number of hydrogen-bond donors (Lipinski definition) is 2. The summed E-state index contributed by atoms with van der Waals surface area (Å²) in [5.74, 6) is -0.204. The lowest BCUT2D eigenvalue weighted by atomic mass is 10.1. The molecular formula is C17H17BrN2OS. The summed E-state index contributed by atoms with van der Waals surface area (Å²) in [5, 5.41) is 6.05. The Morgan fingerprint density at radius 2 is 1.77 bits per heavy atom. The maximum atomic E-state index is 12.3. The molecule has 0 unspecified atom stereocenters. The first-order valence-electron chi connectivity index (χ1n) is 6.82. The van der Waals surface area contributed by atoms with Gasteiger partial charge in [-0.25, -0.2) is 0 Å². The normalized spacial score (nSPS) is 10.2. The van der Waals surface area contributed by atoms with Crippen LogP contribution in [0.5, 0.6) is 0 Å². The molecule has 0 bridgehead atoms. The van der Waals surface area contributed by atoms with E-state index in [-0.39, 0.29) is 11.0 Å². The second-order valence-electron chi connectivity index (χ2n) is 5.19. The van der Waals surface area contributed by atoms with Crippen LogP contribution in [-0.4, -0.2) is 11.0 Å². The second kappa shape index (κ2) is 7.03. The Morgan fingerprint density at radius 3 is 2.41 bits per heavy atom. The van der Waals surface area contributed by atoms with E-state index < -0.39 is 0 Å². The topological polar surface area (TPSA) is 41.1 Å². The van der Waals surface area contributed by atoms with E-state index in [0.717, 1.165) is 26.9 Å². The predicted molar refractivity (Wildman–Crippen MR) is 98.5 cm³/mol. The van der Waals surface area contributed by atoms with Gasteiger partial charge in [-0.3, -0.25) is 10.1 Å². The fraction of sp³-hybridized carbons (Fsp3) is 0.176. The monoisotopic (exact) mass is 376 g/mol. The quantitative estimate of drug-likeness (QED) is 0.758. The van der Waals surface area contributed by atoms with Crippen molar-refractivity contribution in [3.8, 4) is 0 Å². The second-order valence-corrected chi connectivity index (χ2v) is 6.51.